The fraction of sp³-hybridized carbons (Fsp3) is 0.318. The van der Waals surface area contributed by atoms with E-state index in [1.54, 1.807) is 24.1 Å². The highest BCUT2D eigenvalue weighted by Gasteiger charge is 2.30. The van der Waals surface area contributed by atoms with Gasteiger partial charge in [-0.15, -0.1) is 0 Å². The van der Waals surface area contributed by atoms with Crippen LogP contribution < -0.4 is 10.6 Å². The third-order valence-electron chi connectivity index (χ3n) is 5.00. The largest absolute Gasteiger partial charge is 0.347 e. The van der Waals surface area contributed by atoms with Crippen molar-refractivity contribution in [2.75, 3.05) is 18.9 Å². The van der Waals surface area contributed by atoms with Gasteiger partial charge in [0.2, 0.25) is 11.8 Å². The van der Waals surface area contributed by atoms with Crippen molar-refractivity contribution < 1.29 is 14.4 Å². The van der Waals surface area contributed by atoms with Gasteiger partial charge in [-0.05, 0) is 49.6 Å². The number of hydrogen-bond acceptors (Lipinski definition) is 3. The molecule has 2 aromatic rings. The van der Waals surface area contributed by atoms with Crippen molar-refractivity contribution >= 4 is 23.4 Å². The number of rotatable bonds is 7. The summed E-state index contributed by atoms with van der Waals surface area (Å²) in [5.41, 5.74) is 2.15. The van der Waals surface area contributed by atoms with Gasteiger partial charge in [-0.2, -0.15) is 0 Å². The summed E-state index contributed by atoms with van der Waals surface area (Å²) < 4.78 is 0. The number of nitrogens with one attached hydrogen (secondary N) is 2. The van der Waals surface area contributed by atoms with Crippen LogP contribution in [0.5, 0.6) is 0 Å². The molecule has 28 heavy (non-hydrogen) atoms. The zero-order valence-electron chi connectivity index (χ0n) is 16.1. The Morgan fingerprint density at radius 3 is 2.46 bits per heavy atom. The predicted molar refractivity (Wildman–Crippen MR) is 108 cm³/mol. The fourth-order valence-electron chi connectivity index (χ4n) is 2.89. The summed E-state index contributed by atoms with van der Waals surface area (Å²) in [4.78, 5) is 38.0. The number of likely N-dealkylation sites (N-methyl/N-ethyl adjacent to an activating group) is 1. The Bertz CT molecular complexity index is 862. The van der Waals surface area contributed by atoms with E-state index in [9.17, 15) is 14.4 Å². The minimum atomic E-state index is -0.195. The molecule has 1 saturated carbocycles. The second kappa shape index (κ2) is 8.69. The SMILES string of the molecule is CC(c1cccc(NC(=O)c2ccccc2)c1)N(C)C(=O)CNC(=O)C1CC1. The molecule has 0 aliphatic heterocycles. The summed E-state index contributed by atoms with van der Waals surface area (Å²) in [6.45, 7) is 1.92. The maximum Gasteiger partial charge on any atom is 0.255 e. The van der Waals surface area contributed by atoms with Gasteiger partial charge < -0.3 is 15.5 Å². The average Bonchev–Trinajstić information content (AvgIpc) is 3.57. The molecule has 2 N–H and O–H groups in total. The lowest BCUT2D eigenvalue weighted by molar-refractivity contribution is -0.133. The van der Waals surface area contributed by atoms with E-state index in [2.05, 4.69) is 10.6 Å². The number of carbonyl (C=O) groups excluding carboxylic acids is 3. The lowest BCUT2D eigenvalue weighted by atomic mass is 10.1. The fourth-order valence-corrected chi connectivity index (χ4v) is 2.89. The zero-order chi connectivity index (χ0) is 20.1. The summed E-state index contributed by atoms with van der Waals surface area (Å²) in [5, 5.41) is 5.58. The lowest BCUT2D eigenvalue weighted by Crippen LogP contribution is -2.39. The van der Waals surface area contributed by atoms with E-state index in [1.807, 2.05) is 49.4 Å². The van der Waals surface area contributed by atoms with E-state index in [0.29, 0.717) is 11.3 Å². The van der Waals surface area contributed by atoms with Crippen LogP contribution in [-0.4, -0.2) is 36.2 Å². The second-order valence-corrected chi connectivity index (χ2v) is 7.12. The molecule has 0 saturated heterocycles. The van der Waals surface area contributed by atoms with Crippen molar-refractivity contribution in [3.63, 3.8) is 0 Å². The van der Waals surface area contributed by atoms with Crippen molar-refractivity contribution in [1.29, 1.82) is 0 Å². The normalized spacial score (nSPS) is 14.1. The minimum absolute atomic E-state index is 0.000602. The maximum absolute atomic E-state index is 12.4. The standard InChI is InChI=1S/C22H25N3O3/c1-15(25(2)20(26)14-23-21(27)17-11-12-17)18-9-6-10-19(13-18)24-22(28)16-7-4-3-5-8-16/h3-10,13,15,17H,11-12,14H2,1-2H3,(H,23,27)(H,24,28). The van der Waals surface area contributed by atoms with Crippen LogP contribution in [0.3, 0.4) is 0 Å². The highest BCUT2D eigenvalue weighted by molar-refractivity contribution is 6.04. The molecule has 0 heterocycles. The highest BCUT2D eigenvalue weighted by Crippen LogP contribution is 2.28. The van der Waals surface area contributed by atoms with Crippen LogP contribution in [0.2, 0.25) is 0 Å². The quantitative estimate of drug-likeness (QED) is 0.776. The number of hydrogen-bond donors (Lipinski definition) is 2. The van der Waals surface area contributed by atoms with Crippen molar-refractivity contribution in [3.05, 3.63) is 65.7 Å². The Kier molecular flexibility index (Phi) is 6.09. The number of nitrogens with zero attached hydrogens (tertiary/aromatic N) is 1. The topological polar surface area (TPSA) is 78.5 Å². The Balaban J connectivity index is 1.60. The van der Waals surface area contributed by atoms with Crippen LogP contribution in [0.1, 0.15) is 41.7 Å². The smallest absolute Gasteiger partial charge is 0.255 e. The van der Waals surface area contributed by atoms with E-state index in [4.69, 9.17) is 0 Å². The molecule has 1 aliphatic carbocycles. The number of amides is 3. The lowest BCUT2D eigenvalue weighted by Gasteiger charge is -2.26. The zero-order valence-corrected chi connectivity index (χ0v) is 16.1. The van der Waals surface area contributed by atoms with Crippen molar-refractivity contribution in [3.8, 4) is 0 Å². The number of anilines is 1. The second-order valence-electron chi connectivity index (χ2n) is 7.12. The first kappa shape index (κ1) is 19.6. The van der Waals surface area contributed by atoms with E-state index < -0.39 is 0 Å². The molecule has 0 aromatic heterocycles. The summed E-state index contributed by atoms with van der Waals surface area (Å²) in [7, 11) is 1.71. The van der Waals surface area contributed by atoms with Crippen LogP contribution in [-0.2, 0) is 9.59 Å². The first-order valence-corrected chi connectivity index (χ1v) is 9.45. The highest BCUT2D eigenvalue weighted by atomic mass is 16.2. The molecule has 146 valence electrons. The molecule has 1 atom stereocenters. The minimum Gasteiger partial charge on any atom is -0.347 e. The van der Waals surface area contributed by atoms with Gasteiger partial charge in [0.25, 0.3) is 5.91 Å². The Hall–Kier alpha value is -3.15. The molecule has 1 fully saturated rings. The van der Waals surface area contributed by atoms with E-state index in [0.717, 1.165) is 18.4 Å². The summed E-state index contributed by atoms with van der Waals surface area (Å²) in [6.07, 6.45) is 1.82. The first-order chi connectivity index (χ1) is 13.5. The molecule has 1 unspecified atom stereocenters. The van der Waals surface area contributed by atoms with E-state index >= 15 is 0 Å². The molecular formula is C22H25N3O3. The van der Waals surface area contributed by atoms with Gasteiger partial charge in [0, 0.05) is 24.2 Å². The number of benzene rings is 2. The molecule has 2 aromatic carbocycles. The van der Waals surface area contributed by atoms with Gasteiger partial charge in [-0.1, -0.05) is 30.3 Å². The predicted octanol–water partition coefficient (Wildman–Crippen LogP) is 2.98. The summed E-state index contributed by atoms with van der Waals surface area (Å²) in [5.74, 6) is -0.293. The molecule has 3 rings (SSSR count). The maximum atomic E-state index is 12.4. The molecule has 6 heteroatoms. The molecule has 0 radical (unpaired) electrons. The van der Waals surface area contributed by atoms with Gasteiger partial charge in [0.15, 0.2) is 0 Å². The Labute approximate surface area is 164 Å². The summed E-state index contributed by atoms with van der Waals surface area (Å²) >= 11 is 0. The molecule has 3 amide bonds. The Morgan fingerprint density at radius 1 is 1.07 bits per heavy atom. The van der Waals surface area contributed by atoms with Gasteiger partial charge in [0.1, 0.15) is 0 Å². The van der Waals surface area contributed by atoms with Crippen LogP contribution >= 0.6 is 0 Å². The van der Waals surface area contributed by atoms with E-state index in [-0.39, 0.29) is 36.2 Å². The monoisotopic (exact) mass is 379 g/mol. The number of carbonyl (C=O) groups is 3. The van der Waals surface area contributed by atoms with Crippen molar-refractivity contribution in [2.24, 2.45) is 5.92 Å². The molecule has 0 bridgehead atoms. The van der Waals surface area contributed by atoms with Crippen molar-refractivity contribution in [1.82, 2.24) is 10.2 Å². The van der Waals surface area contributed by atoms with Gasteiger partial charge in [-0.3, -0.25) is 14.4 Å². The van der Waals surface area contributed by atoms with Gasteiger partial charge in [0.05, 0.1) is 12.6 Å². The summed E-state index contributed by atoms with van der Waals surface area (Å²) in [6, 6.07) is 16.2. The van der Waals surface area contributed by atoms with E-state index in [1.165, 1.54) is 0 Å². The Morgan fingerprint density at radius 2 is 1.79 bits per heavy atom. The van der Waals surface area contributed by atoms with Gasteiger partial charge >= 0.3 is 0 Å². The van der Waals surface area contributed by atoms with Gasteiger partial charge in [-0.25, -0.2) is 0 Å². The molecule has 1 aliphatic rings. The van der Waals surface area contributed by atoms with Crippen LogP contribution in [0.4, 0.5) is 5.69 Å². The molecule has 6 nitrogen and oxygen atoms in total. The first-order valence-electron chi connectivity index (χ1n) is 9.45. The third-order valence-corrected chi connectivity index (χ3v) is 5.00. The van der Waals surface area contributed by atoms with Crippen LogP contribution in [0, 0.1) is 5.92 Å². The van der Waals surface area contributed by atoms with Crippen LogP contribution in [0.15, 0.2) is 54.6 Å². The average molecular weight is 379 g/mol. The third kappa shape index (κ3) is 4.97. The molecule has 0 spiro atoms. The van der Waals surface area contributed by atoms with Crippen LogP contribution in [0.25, 0.3) is 0 Å². The van der Waals surface area contributed by atoms with Crippen molar-refractivity contribution in [2.45, 2.75) is 25.8 Å². The molecular weight excluding hydrogens is 354 g/mol.